The van der Waals surface area contributed by atoms with Gasteiger partial charge >= 0.3 is 0 Å². The molecule has 0 aliphatic heterocycles. The summed E-state index contributed by atoms with van der Waals surface area (Å²) in [5.74, 6) is 0. The van der Waals surface area contributed by atoms with Gasteiger partial charge in [-0.2, -0.15) is 5.10 Å². The van der Waals surface area contributed by atoms with E-state index in [2.05, 4.69) is 18.1 Å². The minimum atomic E-state index is 1.03. The highest BCUT2D eigenvalue weighted by Gasteiger charge is 1.94. The summed E-state index contributed by atoms with van der Waals surface area (Å²) in [6.07, 6.45) is 6.53. The van der Waals surface area contributed by atoms with Gasteiger partial charge in [0.1, 0.15) is 0 Å². The van der Waals surface area contributed by atoms with Crippen molar-refractivity contribution in [2.45, 2.75) is 25.7 Å². The van der Waals surface area contributed by atoms with Crippen LogP contribution in [-0.4, -0.2) is 9.78 Å². The van der Waals surface area contributed by atoms with Crippen molar-refractivity contribution < 1.29 is 0 Å². The van der Waals surface area contributed by atoms with Crippen LogP contribution in [0.5, 0.6) is 0 Å². The second-order valence-electron chi connectivity index (χ2n) is 2.79. The molecule has 0 N–H and O–H groups in total. The molecule has 0 atom stereocenters. The van der Waals surface area contributed by atoms with Crippen LogP contribution in [0.15, 0.2) is 12.3 Å². The van der Waals surface area contributed by atoms with Gasteiger partial charge in [0.15, 0.2) is 0 Å². The smallest absolute Gasteiger partial charge is 0.0624 e. The molecule has 0 aliphatic carbocycles. The molecule has 11 heavy (non-hydrogen) atoms. The lowest BCUT2D eigenvalue weighted by Gasteiger charge is -1.93. The van der Waals surface area contributed by atoms with Gasteiger partial charge in [-0.1, -0.05) is 19.8 Å². The van der Waals surface area contributed by atoms with Gasteiger partial charge in [0.2, 0.25) is 0 Å². The van der Waals surface area contributed by atoms with Gasteiger partial charge in [0, 0.05) is 13.2 Å². The highest BCUT2D eigenvalue weighted by atomic mass is 15.2. The fourth-order valence-electron chi connectivity index (χ4n) is 1.08. The van der Waals surface area contributed by atoms with Crippen LogP contribution in [0.4, 0.5) is 0 Å². The van der Waals surface area contributed by atoms with Crippen molar-refractivity contribution in [2.24, 2.45) is 7.05 Å². The van der Waals surface area contributed by atoms with E-state index in [4.69, 9.17) is 0 Å². The zero-order valence-corrected chi connectivity index (χ0v) is 7.08. The number of rotatable bonds is 4. The molecule has 1 radical (unpaired) electrons. The second kappa shape index (κ2) is 4.16. The Bertz CT molecular complexity index is 203. The Morgan fingerprint density at radius 1 is 1.55 bits per heavy atom. The monoisotopic (exact) mass is 151 g/mol. The van der Waals surface area contributed by atoms with Crippen LogP contribution in [0.1, 0.15) is 25.0 Å². The Kier molecular flexibility index (Phi) is 3.14. The predicted octanol–water partition coefficient (Wildman–Crippen LogP) is 1.97. The van der Waals surface area contributed by atoms with Gasteiger partial charge in [-0.05, 0) is 18.9 Å². The lowest BCUT2D eigenvalue weighted by Crippen LogP contribution is -1.91. The normalized spacial score (nSPS) is 10.4. The van der Waals surface area contributed by atoms with Gasteiger partial charge in [-0.25, -0.2) is 0 Å². The standard InChI is InChI=1S/C9H15N2/c1-3-4-5-6-9-7-8-11(2)10-9/h7-8H,1,3-6H2,2H3. The van der Waals surface area contributed by atoms with Gasteiger partial charge in [-0.3, -0.25) is 4.68 Å². The van der Waals surface area contributed by atoms with Crippen molar-refractivity contribution in [2.75, 3.05) is 0 Å². The van der Waals surface area contributed by atoms with Crippen LogP contribution in [0, 0.1) is 6.92 Å². The van der Waals surface area contributed by atoms with Crippen LogP contribution >= 0.6 is 0 Å². The third kappa shape index (κ3) is 2.74. The summed E-state index contributed by atoms with van der Waals surface area (Å²) in [5.41, 5.74) is 1.20. The lowest BCUT2D eigenvalue weighted by molar-refractivity contribution is 0.696. The van der Waals surface area contributed by atoms with Gasteiger partial charge in [-0.15, -0.1) is 0 Å². The first kappa shape index (κ1) is 8.31. The van der Waals surface area contributed by atoms with Crippen molar-refractivity contribution in [3.63, 3.8) is 0 Å². The first-order valence-corrected chi connectivity index (χ1v) is 4.10. The van der Waals surface area contributed by atoms with Gasteiger partial charge < -0.3 is 0 Å². The Labute approximate surface area is 68.2 Å². The molecule has 1 rings (SSSR count). The van der Waals surface area contributed by atoms with E-state index in [9.17, 15) is 0 Å². The summed E-state index contributed by atoms with van der Waals surface area (Å²) in [4.78, 5) is 0. The molecule has 2 nitrogen and oxygen atoms in total. The minimum Gasteiger partial charge on any atom is -0.276 e. The second-order valence-corrected chi connectivity index (χ2v) is 2.79. The molecular weight excluding hydrogens is 136 g/mol. The molecule has 1 aromatic rings. The van der Waals surface area contributed by atoms with Gasteiger partial charge in [0.25, 0.3) is 0 Å². The summed E-state index contributed by atoms with van der Waals surface area (Å²) in [5, 5.41) is 4.28. The summed E-state index contributed by atoms with van der Waals surface area (Å²) < 4.78 is 1.85. The predicted molar refractivity (Wildman–Crippen MR) is 46.1 cm³/mol. The van der Waals surface area contributed by atoms with E-state index in [0.29, 0.717) is 0 Å². The summed E-state index contributed by atoms with van der Waals surface area (Å²) >= 11 is 0. The highest BCUT2D eigenvalue weighted by molar-refractivity contribution is 4.98. The van der Waals surface area contributed by atoms with Gasteiger partial charge in [0.05, 0.1) is 5.69 Å². The number of hydrogen-bond donors (Lipinski definition) is 0. The summed E-state index contributed by atoms with van der Waals surface area (Å²) in [7, 11) is 1.95. The Balaban J connectivity index is 2.27. The summed E-state index contributed by atoms with van der Waals surface area (Å²) in [6.45, 7) is 3.80. The zero-order valence-electron chi connectivity index (χ0n) is 7.08. The number of aryl methyl sites for hydroxylation is 2. The van der Waals surface area contributed by atoms with E-state index in [0.717, 1.165) is 12.8 Å². The first-order chi connectivity index (χ1) is 5.33. The fourth-order valence-corrected chi connectivity index (χ4v) is 1.08. The van der Waals surface area contributed by atoms with Crippen LogP contribution in [0.2, 0.25) is 0 Å². The molecule has 0 fully saturated rings. The molecule has 0 amide bonds. The fraction of sp³-hybridized carbons (Fsp3) is 0.556. The van der Waals surface area contributed by atoms with E-state index < -0.39 is 0 Å². The van der Waals surface area contributed by atoms with Crippen LogP contribution in [0.3, 0.4) is 0 Å². The molecule has 0 unspecified atom stereocenters. The highest BCUT2D eigenvalue weighted by Crippen LogP contribution is 2.02. The van der Waals surface area contributed by atoms with Crippen molar-refractivity contribution in [1.82, 2.24) is 9.78 Å². The maximum absolute atomic E-state index is 4.28. The zero-order chi connectivity index (χ0) is 8.10. The van der Waals surface area contributed by atoms with Crippen LogP contribution in [0.25, 0.3) is 0 Å². The topological polar surface area (TPSA) is 17.8 Å². The average molecular weight is 151 g/mol. The maximum Gasteiger partial charge on any atom is 0.0624 e. The SMILES string of the molecule is [CH2]CCCCc1ccn(C)n1. The minimum absolute atomic E-state index is 1.03. The molecule has 1 heterocycles. The van der Waals surface area contributed by atoms with E-state index in [1.807, 2.05) is 17.9 Å². The molecule has 0 saturated heterocycles. The molecule has 0 aromatic carbocycles. The third-order valence-corrected chi connectivity index (χ3v) is 1.70. The number of aromatic nitrogens is 2. The van der Waals surface area contributed by atoms with Crippen molar-refractivity contribution in [1.29, 1.82) is 0 Å². The average Bonchev–Trinajstić information content (AvgIpc) is 2.37. The quantitative estimate of drug-likeness (QED) is 0.601. The molecule has 0 bridgehead atoms. The Morgan fingerprint density at radius 3 is 2.91 bits per heavy atom. The van der Waals surface area contributed by atoms with E-state index in [-0.39, 0.29) is 0 Å². The summed E-state index contributed by atoms with van der Waals surface area (Å²) in [6, 6.07) is 2.07. The number of hydrogen-bond acceptors (Lipinski definition) is 1. The van der Waals surface area contributed by atoms with E-state index in [1.165, 1.54) is 18.5 Å². The first-order valence-electron chi connectivity index (χ1n) is 4.10. The van der Waals surface area contributed by atoms with Crippen molar-refractivity contribution >= 4 is 0 Å². The van der Waals surface area contributed by atoms with Crippen LogP contribution in [-0.2, 0) is 13.5 Å². The van der Waals surface area contributed by atoms with Crippen molar-refractivity contribution in [3.8, 4) is 0 Å². The maximum atomic E-state index is 4.28. The molecule has 0 spiro atoms. The van der Waals surface area contributed by atoms with Crippen molar-refractivity contribution in [3.05, 3.63) is 24.9 Å². The molecule has 0 saturated carbocycles. The molecule has 61 valence electrons. The molecular formula is C9H15N2. The van der Waals surface area contributed by atoms with E-state index in [1.54, 1.807) is 0 Å². The lowest BCUT2D eigenvalue weighted by atomic mass is 10.2. The Hall–Kier alpha value is -0.790. The largest absolute Gasteiger partial charge is 0.276 e. The van der Waals surface area contributed by atoms with E-state index >= 15 is 0 Å². The molecule has 2 heteroatoms. The number of unbranched alkanes of at least 4 members (excludes halogenated alkanes) is 2. The molecule has 0 aliphatic rings. The van der Waals surface area contributed by atoms with Crippen LogP contribution < -0.4 is 0 Å². The number of nitrogens with zero attached hydrogens (tertiary/aromatic N) is 2. The molecule has 1 aromatic heterocycles. The Morgan fingerprint density at radius 2 is 2.36 bits per heavy atom. The third-order valence-electron chi connectivity index (χ3n) is 1.70.